The maximum Gasteiger partial charge on any atom is 0.173 e. The standard InChI is InChI=1S/C16H19N3O2/c1-10(2)12-5-4-11(3)14(8-12)21-15-9-18-7-6-13(15)16(17)19-20/h4-10,20H,1-3H3,(H2,17,19). The average molecular weight is 285 g/mol. The molecular formula is C16H19N3O2. The van der Waals surface area contributed by atoms with Gasteiger partial charge in [-0.05, 0) is 36.1 Å². The van der Waals surface area contributed by atoms with E-state index in [1.165, 1.54) is 5.56 Å². The summed E-state index contributed by atoms with van der Waals surface area (Å²) < 4.78 is 5.92. The Hall–Kier alpha value is -2.56. The fourth-order valence-corrected chi connectivity index (χ4v) is 1.93. The molecule has 2 aromatic rings. The van der Waals surface area contributed by atoms with Crippen molar-refractivity contribution >= 4 is 5.84 Å². The molecule has 1 aromatic heterocycles. The highest BCUT2D eigenvalue weighted by Gasteiger charge is 2.11. The van der Waals surface area contributed by atoms with E-state index in [-0.39, 0.29) is 5.84 Å². The molecular weight excluding hydrogens is 266 g/mol. The summed E-state index contributed by atoms with van der Waals surface area (Å²) in [7, 11) is 0. The monoisotopic (exact) mass is 285 g/mol. The first-order chi connectivity index (χ1) is 10.0. The van der Waals surface area contributed by atoms with Crippen LogP contribution in [0.1, 0.15) is 36.5 Å². The van der Waals surface area contributed by atoms with Crippen LogP contribution in [0.2, 0.25) is 0 Å². The number of rotatable bonds is 4. The molecule has 110 valence electrons. The number of amidine groups is 1. The quantitative estimate of drug-likeness (QED) is 0.390. The highest BCUT2D eigenvalue weighted by atomic mass is 16.5. The molecule has 0 saturated heterocycles. The van der Waals surface area contributed by atoms with E-state index in [0.717, 1.165) is 11.3 Å². The van der Waals surface area contributed by atoms with Crippen molar-refractivity contribution in [2.75, 3.05) is 0 Å². The molecule has 0 aliphatic carbocycles. The maximum atomic E-state index is 8.84. The molecule has 0 bridgehead atoms. The third-order valence-corrected chi connectivity index (χ3v) is 3.27. The van der Waals surface area contributed by atoms with Crippen LogP contribution in [0.5, 0.6) is 11.5 Å². The summed E-state index contributed by atoms with van der Waals surface area (Å²) in [6.45, 7) is 6.22. The van der Waals surface area contributed by atoms with Crippen molar-refractivity contribution in [1.29, 1.82) is 0 Å². The van der Waals surface area contributed by atoms with Crippen molar-refractivity contribution in [2.24, 2.45) is 10.9 Å². The smallest absolute Gasteiger partial charge is 0.173 e. The van der Waals surface area contributed by atoms with Crippen molar-refractivity contribution < 1.29 is 9.94 Å². The lowest BCUT2D eigenvalue weighted by molar-refractivity contribution is 0.318. The molecule has 2 rings (SSSR count). The van der Waals surface area contributed by atoms with Crippen LogP contribution in [-0.2, 0) is 0 Å². The van der Waals surface area contributed by atoms with Crippen molar-refractivity contribution in [3.63, 3.8) is 0 Å². The van der Waals surface area contributed by atoms with E-state index >= 15 is 0 Å². The van der Waals surface area contributed by atoms with Crippen molar-refractivity contribution in [2.45, 2.75) is 26.7 Å². The molecule has 1 heterocycles. The zero-order chi connectivity index (χ0) is 15.4. The molecule has 0 atom stereocenters. The van der Waals surface area contributed by atoms with Crippen LogP contribution in [0.15, 0.2) is 41.8 Å². The van der Waals surface area contributed by atoms with E-state index < -0.39 is 0 Å². The number of hydrogen-bond donors (Lipinski definition) is 2. The van der Waals surface area contributed by atoms with E-state index in [1.807, 2.05) is 19.1 Å². The van der Waals surface area contributed by atoms with Gasteiger partial charge in [-0.1, -0.05) is 31.1 Å². The van der Waals surface area contributed by atoms with Crippen LogP contribution < -0.4 is 10.5 Å². The first kappa shape index (κ1) is 14.8. The van der Waals surface area contributed by atoms with Gasteiger partial charge in [0.25, 0.3) is 0 Å². The van der Waals surface area contributed by atoms with Gasteiger partial charge < -0.3 is 15.7 Å². The number of benzene rings is 1. The Morgan fingerprint density at radius 3 is 2.71 bits per heavy atom. The predicted molar refractivity (Wildman–Crippen MR) is 82.1 cm³/mol. The summed E-state index contributed by atoms with van der Waals surface area (Å²) in [4.78, 5) is 4.03. The van der Waals surface area contributed by atoms with Crippen LogP contribution in [0.3, 0.4) is 0 Å². The molecule has 0 amide bonds. The minimum atomic E-state index is -0.00920. The summed E-state index contributed by atoms with van der Waals surface area (Å²) in [6.07, 6.45) is 3.12. The molecule has 0 aliphatic heterocycles. The Morgan fingerprint density at radius 1 is 1.29 bits per heavy atom. The van der Waals surface area contributed by atoms with Gasteiger partial charge in [0.2, 0.25) is 0 Å². The number of oxime groups is 1. The van der Waals surface area contributed by atoms with Gasteiger partial charge in [0.1, 0.15) is 5.75 Å². The molecule has 0 aliphatic rings. The fraction of sp³-hybridized carbons (Fsp3) is 0.250. The Labute approximate surface area is 124 Å². The zero-order valence-electron chi connectivity index (χ0n) is 12.4. The minimum Gasteiger partial charge on any atom is -0.455 e. The second-order valence-electron chi connectivity index (χ2n) is 5.14. The lowest BCUT2D eigenvalue weighted by Gasteiger charge is -2.14. The van der Waals surface area contributed by atoms with Gasteiger partial charge in [-0.3, -0.25) is 4.98 Å². The third kappa shape index (κ3) is 3.31. The lowest BCUT2D eigenvalue weighted by Crippen LogP contribution is -2.14. The van der Waals surface area contributed by atoms with E-state index in [2.05, 4.69) is 30.1 Å². The van der Waals surface area contributed by atoms with E-state index in [9.17, 15) is 0 Å². The van der Waals surface area contributed by atoms with E-state index in [4.69, 9.17) is 15.7 Å². The Morgan fingerprint density at radius 2 is 2.05 bits per heavy atom. The summed E-state index contributed by atoms with van der Waals surface area (Å²) in [6, 6.07) is 7.75. The van der Waals surface area contributed by atoms with Crippen LogP contribution in [0.25, 0.3) is 0 Å². The van der Waals surface area contributed by atoms with Crippen LogP contribution >= 0.6 is 0 Å². The molecule has 1 aromatic carbocycles. The maximum absolute atomic E-state index is 8.84. The van der Waals surface area contributed by atoms with Gasteiger partial charge in [-0.15, -0.1) is 0 Å². The van der Waals surface area contributed by atoms with Crippen molar-refractivity contribution in [3.8, 4) is 11.5 Å². The molecule has 0 saturated carbocycles. The third-order valence-electron chi connectivity index (χ3n) is 3.27. The van der Waals surface area contributed by atoms with E-state index in [0.29, 0.717) is 17.2 Å². The molecule has 0 fully saturated rings. The van der Waals surface area contributed by atoms with Crippen molar-refractivity contribution in [1.82, 2.24) is 4.98 Å². The molecule has 3 N–H and O–H groups in total. The van der Waals surface area contributed by atoms with Crippen molar-refractivity contribution in [3.05, 3.63) is 53.3 Å². The molecule has 5 nitrogen and oxygen atoms in total. The number of aryl methyl sites for hydroxylation is 1. The highest BCUT2D eigenvalue weighted by molar-refractivity contribution is 5.99. The topological polar surface area (TPSA) is 80.7 Å². The molecule has 21 heavy (non-hydrogen) atoms. The summed E-state index contributed by atoms with van der Waals surface area (Å²) >= 11 is 0. The summed E-state index contributed by atoms with van der Waals surface area (Å²) in [5.41, 5.74) is 8.35. The Bertz CT molecular complexity index is 666. The minimum absolute atomic E-state index is 0.00920. The van der Waals surface area contributed by atoms with Gasteiger partial charge in [0, 0.05) is 6.20 Å². The van der Waals surface area contributed by atoms with Crippen LogP contribution in [0.4, 0.5) is 0 Å². The first-order valence-electron chi connectivity index (χ1n) is 6.73. The second-order valence-corrected chi connectivity index (χ2v) is 5.14. The Balaban J connectivity index is 2.41. The SMILES string of the molecule is Cc1ccc(C(C)C)cc1Oc1cnccc1/C(N)=N/O. The first-order valence-corrected chi connectivity index (χ1v) is 6.73. The number of aromatic nitrogens is 1. The predicted octanol–water partition coefficient (Wildman–Crippen LogP) is 3.40. The molecule has 0 unspecified atom stereocenters. The zero-order valence-corrected chi connectivity index (χ0v) is 12.4. The van der Waals surface area contributed by atoms with Gasteiger partial charge >= 0.3 is 0 Å². The summed E-state index contributed by atoms with van der Waals surface area (Å²) in [5, 5.41) is 11.9. The lowest BCUT2D eigenvalue weighted by atomic mass is 10.0. The summed E-state index contributed by atoms with van der Waals surface area (Å²) in [5.74, 6) is 1.59. The highest BCUT2D eigenvalue weighted by Crippen LogP contribution is 2.30. The van der Waals surface area contributed by atoms with Gasteiger partial charge in [0.15, 0.2) is 11.6 Å². The number of hydrogen-bond acceptors (Lipinski definition) is 4. The molecule has 0 radical (unpaired) electrons. The van der Waals surface area contributed by atoms with Crippen LogP contribution in [-0.4, -0.2) is 16.0 Å². The largest absolute Gasteiger partial charge is 0.455 e. The Kier molecular flexibility index (Phi) is 4.42. The number of nitrogens with zero attached hydrogens (tertiary/aromatic N) is 2. The molecule has 0 spiro atoms. The average Bonchev–Trinajstić information content (AvgIpc) is 2.49. The van der Waals surface area contributed by atoms with Gasteiger partial charge in [0.05, 0.1) is 11.8 Å². The van der Waals surface area contributed by atoms with Gasteiger partial charge in [-0.25, -0.2) is 0 Å². The van der Waals surface area contributed by atoms with Gasteiger partial charge in [-0.2, -0.15) is 0 Å². The molecule has 5 heteroatoms. The van der Waals surface area contributed by atoms with E-state index in [1.54, 1.807) is 18.5 Å². The normalized spacial score (nSPS) is 11.7. The number of nitrogens with two attached hydrogens (primary N) is 1. The second kappa shape index (κ2) is 6.26. The number of pyridine rings is 1. The number of ether oxygens (including phenoxy) is 1. The fourth-order valence-electron chi connectivity index (χ4n) is 1.93. The van der Waals surface area contributed by atoms with Crippen LogP contribution in [0, 0.1) is 6.92 Å².